The maximum Gasteiger partial charge on any atom is 0.253 e. The van der Waals surface area contributed by atoms with Crippen LogP contribution in [0.4, 0.5) is 0 Å². The summed E-state index contributed by atoms with van der Waals surface area (Å²) in [7, 11) is 0. The third kappa shape index (κ3) is 3.21. The Labute approximate surface area is 136 Å². The molecule has 0 saturated heterocycles. The summed E-state index contributed by atoms with van der Waals surface area (Å²) in [4.78, 5) is 21.5. The van der Waals surface area contributed by atoms with Crippen molar-refractivity contribution in [2.45, 2.75) is 57.4 Å². The lowest BCUT2D eigenvalue weighted by molar-refractivity contribution is 0.0923. The molecule has 2 aliphatic rings. The van der Waals surface area contributed by atoms with Gasteiger partial charge < -0.3 is 5.32 Å². The van der Waals surface area contributed by atoms with Crippen molar-refractivity contribution in [3.05, 3.63) is 35.7 Å². The molecule has 1 amide bonds. The molecule has 2 aromatic heterocycles. The van der Waals surface area contributed by atoms with E-state index in [9.17, 15) is 4.79 Å². The molecule has 0 bridgehead atoms. The molecule has 0 aliphatic heterocycles. The van der Waals surface area contributed by atoms with E-state index < -0.39 is 0 Å². The van der Waals surface area contributed by atoms with Crippen molar-refractivity contribution in [3.8, 4) is 0 Å². The highest BCUT2D eigenvalue weighted by Gasteiger charge is 2.25. The monoisotopic (exact) mass is 309 g/mol. The molecule has 1 N–H and O–H groups in total. The van der Waals surface area contributed by atoms with Crippen molar-refractivity contribution in [1.82, 2.24) is 15.3 Å². The first-order valence-corrected chi connectivity index (χ1v) is 8.76. The largest absolute Gasteiger partial charge is 0.349 e. The first-order valence-electron chi connectivity index (χ1n) is 8.76. The Hall–Kier alpha value is -1.97. The highest BCUT2D eigenvalue weighted by Crippen LogP contribution is 2.39. The number of hydrogen-bond donors (Lipinski definition) is 1. The maximum absolute atomic E-state index is 12.5. The number of amides is 1. The van der Waals surface area contributed by atoms with Crippen LogP contribution in [-0.2, 0) is 0 Å². The average molecular weight is 309 g/mol. The molecule has 23 heavy (non-hydrogen) atoms. The summed E-state index contributed by atoms with van der Waals surface area (Å²) in [5.41, 5.74) is 2.52. The summed E-state index contributed by atoms with van der Waals surface area (Å²) in [6.45, 7) is 2.29. The highest BCUT2D eigenvalue weighted by molar-refractivity contribution is 5.97. The van der Waals surface area contributed by atoms with E-state index in [0.717, 1.165) is 35.5 Å². The van der Waals surface area contributed by atoms with Crippen LogP contribution in [0.3, 0.4) is 0 Å². The number of pyridine rings is 2. The standard InChI is InChI=1S/C19H23N3O/c1-12-2-7-16(8-3-12)21-19(23)15-10-14-6-9-17(13-4-5-13)22-18(14)20-11-15/h6,9-13,16H,2-5,7-8H2,1H3,(H,21,23). The lowest BCUT2D eigenvalue weighted by atomic mass is 9.87. The van der Waals surface area contributed by atoms with E-state index in [1.54, 1.807) is 6.20 Å². The van der Waals surface area contributed by atoms with Crippen LogP contribution in [0, 0.1) is 5.92 Å². The van der Waals surface area contributed by atoms with Crippen molar-refractivity contribution in [3.63, 3.8) is 0 Å². The second-order valence-corrected chi connectivity index (χ2v) is 7.21. The Kier molecular flexibility index (Phi) is 3.76. The second-order valence-electron chi connectivity index (χ2n) is 7.21. The van der Waals surface area contributed by atoms with E-state index >= 15 is 0 Å². The van der Waals surface area contributed by atoms with Gasteiger partial charge in [-0.1, -0.05) is 6.92 Å². The van der Waals surface area contributed by atoms with Gasteiger partial charge in [0.2, 0.25) is 0 Å². The van der Waals surface area contributed by atoms with Gasteiger partial charge >= 0.3 is 0 Å². The zero-order valence-electron chi connectivity index (χ0n) is 13.6. The molecule has 4 heteroatoms. The highest BCUT2D eigenvalue weighted by atomic mass is 16.1. The van der Waals surface area contributed by atoms with Gasteiger partial charge in [0.1, 0.15) is 0 Å². The van der Waals surface area contributed by atoms with Gasteiger partial charge in [-0.3, -0.25) is 4.79 Å². The van der Waals surface area contributed by atoms with Gasteiger partial charge in [-0.15, -0.1) is 0 Å². The number of carbonyl (C=O) groups excluding carboxylic acids is 1. The van der Waals surface area contributed by atoms with E-state index in [0.29, 0.717) is 17.5 Å². The van der Waals surface area contributed by atoms with Crippen molar-refractivity contribution in [2.75, 3.05) is 0 Å². The van der Waals surface area contributed by atoms with Crippen molar-refractivity contribution >= 4 is 16.9 Å². The third-order valence-electron chi connectivity index (χ3n) is 5.17. The lowest BCUT2D eigenvalue weighted by Gasteiger charge is -2.26. The van der Waals surface area contributed by atoms with Crippen LogP contribution in [0.25, 0.3) is 11.0 Å². The van der Waals surface area contributed by atoms with E-state index in [1.165, 1.54) is 25.7 Å². The quantitative estimate of drug-likeness (QED) is 0.938. The maximum atomic E-state index is 12.5. The zero-order chi connectivity index (χ0) is 15.8. The number of rotatable bonds is 3. The Morgan fingerprint density at radius 2 is 1.91 bits per heavy atom. The van der Waals surface area contributed by atoms with E-state index in [2.05, 4.69) is 28.3 Å². The Morgan fingerprint density at radius 3 is 2.65 bits per heavy atom. The first kappa shape index (κ1) is 14.6. The van der Waals surface area contributed by atoms with Gasteiger partial charge in [0.05, 0.1) is 5.56 Å². The molecule has 4 rings (SSSR count). The topological polar surface area (TPSA) is 54.9 Å². The minimum absolute atomic E-state index is 0.00905. The van der Waals surface area contributed by atoms with Gasteiger partial charge in [-0.2, -0.15) is 0 Å². The van der Waals surface area contributed by atoms with Gasteiger partial charge in [-0.25, -0.2) is 9.97 Å². The number of fused-ring (bicyclic) bond motifs is 1. The van der Waals surface area contributed by atoms with Crippen LogP contribution >= 0.6 is 0 Å². The van der Waals surface area contributed by atoms with E-state index in [-0.39, 0.29) is 5.91 Å². The second kappa shape index (κ2) is 5.91. The van der Waals surface area contributed by atoms with Crippen molar-refractivity contribution in [2.24, 2.45) is 5.92 Å². The molecule has 2 saturated carbocycles. The number of nitrogens with one attached hydrogen (secondary N) is 1. The molecule has 0 spiro atoms. The predicted octanol–water partition coefficient (Wildman–Crippen LogP) is 3.82. The van der Waals surface area contributed by atoms with Crippen LogP contribution in [0.5, 0.6) is 0 Å². The molecule has 2 fully saturated rings. The van der Waals surface area contributed by atoms with Gasteiger partial charge in [0.25, 0.3) is 5.91 Å². The van der Waals surface area contributed by atoms with E-state index in [1.807, 2.05) is 12.1 Å². The first-order chi connectivity index (χ1) is 11.2. The normalized spacial score (nSPS) is 24.6. The molecule has 0 unspecified atom stereocenters. The summed E-state index contributed by atoms with van der Waals surface area (Å²) in [6.07, 6.45) is 8.70. The van der Waals surface area contributed by atoms with Crippen LogP contribution < -0.4 is 5.32 Å². The SMILES string of the molecule is CC1CCC(NC(=O)c2cnc3nc(C4CC4)ccc3c2)CC1. The van der Waals surface area contributed by atoms with Crippen LogP contribution in [0.15, 0.2) is 24.4 Å². The lowest BCUT2D eigenvalue weighted by Crippen LogP contribution is -2.37. The van der Waals surface area contributed by atoms with Crippen molar-refractivity contribution in [1.29, 1.82) is 0 Å². The van der Waals surface area contributed by atoms with Crippen LogP contribution in [0.2, 0.25) is 0 Å². The Balaban J connectivity index is 1.49. The number of hydrogen-bond acceptors (Lipinski definition) is 3. The summed E-state index contributed by atoms with van der Waals surface area (Å²) >= 11 is 0. The van der Waals surface area contributed by atoms with Gasteiger partial charge in [-0.05, 0) is 62.6 Å². The number of nitrogens with zero attached hydrogens (tertiary/aromatic N) is 2. The predicted molar refractivity (Wildman–Crippen MR) is 90.4 cm³/mol. The molecular formula is C19H23N3O. The molecule has 4 nitrogen and oxygen atoms in total. The average Bonchev–Trinajstić information content (AvgIpc) is 3.41. The fourth-order valence-electron chi connectivity index (χ4n) is 3.43. The fourth-order valence-corrected chi connectivity index (χ4v) is 3.43. The molecule has 0 radical (unpaired) electrons. The van der Waals surface area contributed by atoms with Gasteiger partial charge in [0, 0.05) is 29.2 Å². The van der Waals surface area contributed by atoms with Crippen molar-refractivity contribution < 1.29 is 4.79 Å². The summed E-state index contributed by atoms with van der Waals surface area (Å²) in [5.74, 6) is 1.40. The number of carbonyl (C=O) groups is 1. The summed E-state index contributed by atoms with van der Waals surface area (Å²) in [6, 6.07) is 6.34. The zero-order valence-corrected chi connectivity index (χ0v) is 13.6. The van der Waals surface area contributed by atoms with Crippen LogP contribution in [0.1, 0.15) is 67.4 Å². The molecule has 120 valence electrons. The Bertz CT molecular complexity index is 730. The summed E-state index contributed by atoms with van der Waals surface area (Å²) in [5, 5.41) is 4.10. The number of aromatic nitrogens is 2. The third-order valence-corrected chi connectivity index (χ3v) is 5.17. The van der Waals surface area contributed by atoms with Crippen LogP contribution in [-0.4, -0.2) is 21.9 Å². The molecule has 2 aromatic rings. The minimum Gasteiger partial charge on any atom is -0.349 e. The molecule has 2 aliphatic carbocycles. The fraction of sp³-hybridized carbons (Fsp3) is 0.526. The molecule has 0 atom stereocenters. The Morgan fingerprint density at radius 1 is 1.13 bits per heavy atom. The van der Waals surface area contributed by atoms with E-state index in [4.69, 9.17) is 0 Å². The molecule has 0 aromatic carbocycles. The molecular weight excluding hydrogens is 286 g/mol. The molecule has 2 heterocycles. The smallest absolute Gasteiger partial charge is 0.253 e. The minimum atomic E-state index is -0.00905. The summed E-state index contributed by atoms with van der Waals surface area (Å²) < 4.78 is 0. The van der Waals surface area contributed by atoms with Gasteiger partial charge in [0.15, 0.2) is 5.65 Å².